The maximum atomic E-state index is 13.4. The Balaban J connectivity index is 1.59. The lowest BCUT2D eigenvalue weighted by Crippen LogP contribution is -2.35. The van der Waals surface area contributed by atoms with Crippen LogP contribution in [0.4, 0.5) is 24.5 Å². The van der Waals surface area contributed by atoms with E-state index in [-0.39, 0.29) is 12.6 Å². The highest BCUT2D eigenvalue weighted by molar-refractivity contribution is 7.84. The second-order valence-corrected chi connectivity index (χ2v) is 9.99. The number of alkyl halides is 3. The molecule has 4 rings (SSSR count). The minimum Gasteiger partial charge on any atom is -0.495 e. The molecule has 6 nitrogen and oxygen atoms in total. The predicted molar refractivity (Wildman–Crippen MR) is 138 cm³/mol. The smallest absolute Gasteiger partial charge is 0.406 e. The molecule has 0 aliphatic carbocycles. The summed E-state index contributed by atoms with van der Waals surface area (Å²) >= 11 is 0. The van der Waals surface area contributed by atoms with E-state index in [2.05, 4.69) is 27.8 Å². The average molecular weight is 519 g/mol. The van der Waals surface area contributed by atoms with Gasteiger partial charge in [0.15, 0.2) is 0 Å². The number of hydrogen-bond donors (Lipinski definition) is 3. The molecule has 0 saturated carbocycles. The molecule has 2 aromatic carbocycles. The quantitative estimate of drug-likeness (QED) is 0.400. The van der Waals surface area contributed by atoms with Crippen LogP contribution in [0, 0.1) is 11.8 Å². The number of piperidine rings is 1. The summed E-state index contributed by atoms with van der Waals surface area (Å²) in [5.74, 6) is 6.37. The van der Waals surface area contributed by atoms with E-state index in [1.165, 1.54) is 11.7 Å². The average Bonchev–Trinajstić information content (AvgIpc) is 3.19. The van der Waals surface area contributed by atoms with Crippen molar-refractivity contribution < 1.29 is 22.1 Å². The van der Waals surface area contributed by atoms with Crippen molar-refractivity contribution in [2.75, 3.05) is 43.6 Å². The third kappa shape index (κ3) is 6.33. The number of anilines is 2. The molecule has 0 spiro atoms. The Labute approximate surface area is 211 Å². The van der Waals surface area contributed by atoms with E-state index in [9.17, 15) is 17.4 Å². The van der Waals surface area contributed by atoms with Crippen LogP contribution in [0.1, 0.15) is 18.5 Å². The monoisotopic (exact) mass is 518 g/mol. The molecular formula is C26H29F3N4O2S. The first kappa shape index (κ1) is 25.9. The Kier molecular flexibility index (Phi) is 8.11. The van der Waals surface area contributed by atoms with Gasteiger partial charge in [-0.3, -0.25) is 4.21 Å². The molecule has 1 fully saturated rings. The largest absolute Gasteiger partial charge is 0.495 e. The van der Waals surface area contributed by atoms with Gasteiger partial charge >= 0.3 is 6.18 Å². The van der Waals surface area contributed by atoms with Crippen LogP contribution in [0.25, 0.3) is 10.9 Å². The number of nitrogens with zero attached hydrogens (tertiary/aromatic N) is 1. The fourth-order valence-electron chi connectivity index (χ4n) is 4.32. The molecule has 1 unspecified atom stereocenters. The number of halogens is 3. The van der Waals surface area contributed by atoms with Crippen LogP contribution in [-0.2, 0) is 17.3 Å². The van der Waals surface area contributed by atoms with Crippen molar-refractivity contribution in [2.24, 2.45) is 0 Å². The van der Waals surface area contributed by atoms with Gasteiger partial charge in [0.25, 0.3) is 0 Å². The summed E-state index contributed by atoms with van der Waals surface area (Å²) in [6.45, 7) is 0.902. The zero-order chi connectivity index (χ0) is 25.7. The van der Waals surface area contributed by atoms with E-state index in [1.807, 2.05) is 6.07 Å². The third-order valence-corrected chi connectivity index (χ3v) is 6.99. The zero-order valence-electron chi connectivity index (χ0n) is 20.2. The van der Waals surface area contributed by atoms with E-state index < -0.39 is 23.5 Å². The lowest BCUT2D eigenvalue weighted by molar-refractivity contribution is -0.140. The molecule has 36 heavy (non-hydrogen) atoms. The van der Waals surface area contributed by atoms with Gasteiger partial charge in [0.05, 0.1) is 30.6 Å². The van der Waals surface area contributed by atoms with Gasteiger partial charge in [0.1, 0.15) is 12.3 Å². The summed E-state index contributed by atoms with van der Waals surface area (Å²) in [4.78, 5) is 0.633. The molecule has 0 bridgehead atoms. The van der Waals surface area contributed by atoms with Crippen molar-refractivity contribution in [1.29, 1.82) is 0 Å². The molecule has 3 N–H and O–H groups in total. The minimum atomic E-state index is -4.38. The van der Waals surface area contributed by atoms with Crippen molar-refractivity contribution >= 4 is 33.1 Å². The zero-order valence-corrected chi connectivity index (χ0v) is 21.0. The number of methoxy groups -OCH3 is 1. The third-order valence-electron chi connectivity index (χ3n) is 6.07. The molecule has 1 aliphatic heterocycles. The maximum Gasteiger partial charge on any atom is 0.406 e. The van der Waals surface area contributed by atoms with Crippen molar-refractivity contribution in [3.05, 3.63) is 48.2 Å². The van der Waals surface area contributed by atoms with Gasteiger partial charge in [-0.05, 0) is 68.2 Å². The number of aromatic nitrogens is 1. The highest BCUT2D eigenvalue weighted by atomic mass is 32.2. The van der Waals surface area contributed by atoms with Crippen molar-refractivity contribution in [3.63, 3.8) is 0 Å². The molecule has 1 atom stereocenters. The first-order valence-electron chi connectivity index (χ1n) is 11.7. The summed E-state index contributed by atoms with van der Waals surface area (Å²) in [7, 11) is 0.370. The fourth-order valence-corrected chi connectivity index (χ4v) is 4.85. The van der Waals surface area contributed by atoms with Crippen molar-refractivity contribution in [1.82, 2.24) is 9.88 Å². The fraction of sp³-hybridized carbons (Fsp3) is 0.385. The van der Waals surface area contributed by atoms with Crippen molar-refractivity contribution in [2.45, 2.75) is 36.5 Å². The summed E-state index contributed by atoms with van der Waals surface area (Å²) < 4.78 is 58.6. The molecule has 0 radical (unpaired) electrons. The number of hydrogen-bond acceptors (Lipinski definition) is 5. The Hall–Kier alpha value is -3.16. The van der Waals surface area contributed by atoms with E-state index in [0.717, 1.165) is 37.0 Å². The SMILES string of the molecule is COc1cc(S(C)=O)ccc1NCC#Cc1cc2c(NC3CCNCC3)cccc2n1CC(F)(F)F. The van der Waals surface area contributed by atoms with E-state index in [4.69, 9.17) is 4.74 Å². The van der Waals surface area contributed by atoms with E-state index >= 15 is 0 Å². The molecule has 2 heterocycles. The van der Waals surface area contributed by atoms with Crippen LogP contribution >= 0.6 is 0 Å². The molecule has 1 saturated heterocycles. The lowest BCUT2D eigenvalue weighted by Gasteiger charge is -2.25. The lowest BCUT2D eigenvalue weighted by atomic mass is 10.1. The van der Waals surface area contributed by atoms with Crippen LogP contribution in [0.15, 0.2) is 47.4 Å². The minimum absolute atomic E-state index is 0.193. The first-order chi connectivity index (χ1) is 17.2. The van der Waals surface area contributed by atoms with Crippen LogP contribution in [0.5, 0.6) is 5.75 Å². The van der Waals surface area contributed by atoms with Crippen LogP contribution in [0.2, 0.25) is 0 Å². The number of rotatable bonds is 7. The van der Waals surface area contributed by atoms with Crippen LogP contribution in [0.3, 0.4) is 0 Å². The standard InChI is InChI=1S/C26H29F3N4O2S/c1-35-25-16-20(36(2)34)8-9-23(25)31-12-4-5-19-15-21-22(32-18-10-13-30-14-11-18)6-3-7-24(21)33(19)17-26(27,28)29/h3,6-9,15-16,18,30-32H,10-14,17H2,1-2H3. The van der Waals surface area contributed by atoms with Crippen LogP contribution in [-0.4, -0.2) is 54.0 Å². The van der Waals surface area contributed by atoms with Crippen LogP contribution < -0.4 is 20.7 Å². The predicted octanol–water partition coefficient (Wildman–Crippen LogP) is 4.58. The normalized spacial score (nSPS) is 15.2. The summed E-state index contributed by atoms with van der Waals surface area (Å²) in [6.07, 6.45) is -0.887. The summed E-state index contributed by atoms with van der Waals surface area (Å²) in [5, 5.41) is 10.7. The van der Waals surface area contributed by atoms with Gasteiger partial charge in [-0.2, -0.15) is 13.2 Å². The van der Waals surface area contributed by atoms with Gasteiger partial charge in [-0.15, -0.1) is 0 Å². The molecule has 0 amide bonds. The van der Waals surface area contributed by atoms with Gasteiger partial charge in [-0.25, -0.2) is 0 Å². The molecule has 10 heteroatoms. The molecule has 3 aromatic rings. The van der Waals surface area contributed by atoms with Gasteiger partial charge in [0, 0.05) is 39.1 Å². The first-order valence-corrected chi connectivity index (χ1v) is 13.2. The van der Waals surface area contributed by atoms with Gasteiger partial charge in [-0.1, -0.05) is 12.0 Å². The molecule has 1 aromatic heterocycles. The van der Waals surface area contributed by atoms with Crippen molar-refractivity contribution in [3.8, 4) is 17.6 Å². The second-order valence-electron chi connectivity index (χ2n) is 8.61. The topological polar surface area (TPSA) is 67.3 Å². The van der Waals surface area contributed by atoms with E-state index in [1.54, 1.807) is 42.7 Å². The Morgan fingerprint density at radius 3 is 2.64 bits per heavy atom. The number of fused-ring (bicyclic) bond motifs is 1. The van der Waals surface area contributed by atoms with Gasteiger partial charge < -0.3 is 25.3 Å². The summed E-state index contributed by atoms with van der Waals surface area (Å²) in [5.41, 5.74) is 2.27. The van der Waals surface area contributed by atoms with E-state index in [0.29, 0.717) is 27.5 Å². The maximum absolute atomic E-state index is 13.4. The Morgan fingerprint density at radius 2 is 1.94 bits per heavy atom. The number of nitrogens with one attached hydrogen (secondary N) is 3. The second kappa shape index (κ2) is 11.3. The Bertz CT molecular complexity index is 1300. The highest BCUT2D eigenvalue weighted by Gasteiger charge is 2.30. The molecule has 1 aliphatic rings. The number of benzene rings is 2. The number of ether oxygens (including phenoxy) is 1. The Morgan fingerprint density at radius 1 is 1.17 bits per heavy atom. The highest BCUT2D eigenvalue weighted by Crippen LogP contribution is 2.31. The molecule has 192 valence electrons. The van der Waals surface area contributed by atoms with Gasteiger partial charge in [0.2, 0.25) is 0 Å². The molecular weight excluding hydrogens is 489 g/mol. The summed E-state index contributed by atoms with van der Waals surface area (Å²) in [6, 6.07) is 12.5.